The third-order valence-corrected chi connectivity index (χ3v) is 5.49. The van der Waals surface area contributed by atoms with E-state index in [0.29, 0.717) is 5.75 Å². The summed E-state index contributed by atoms with van der Waals surface area (Å²) in [4.78, 5) is 12.0. The summed E-state index contributed by atoms with van der Waals surface area (Å²) in [5.41, 5.74) is -0.122. The largest absolute Gasteiger partial charge is 0.497 e. The van der Waals surface area contributed by atoms with Crippen molar-refractivity contribution in [1.29, 1.82) is 0 Å². The summed E-state index contributed by atoms with van der Waals surface area (Å²) in [5.74, 6) is -3.66. The zero-order valence-corrected chi connectivity index (χ0v) is 14.7. The Hall–Kier alpha value is -2.35. The minimum Gasteiger partial charge on any atom is -0.497 e. The molecule has 0 amide bonds. The highest BCUT2D eigenvalue weighted by atomic mass is 32.2. The van der Waals surface area contributed by atoms with Crippen molar-refractivity contribution in [3.8, 4) is 5.75 Å². The summed E-state index contributed by atoms with van der Waals surface area (Å²) in [6.45, 7) is 0. The van der Waals surface area contributed by atoms with Crippen molar-refractivity contribution >= 4 is 15.6 Å². The summed E-state index contributed by atoms with van der Waals surface area (Å²) in [5, 5.41) is 0. The second-order valence-electron chi connectivity index (χ2n) is 5.68. The smallest absolute Gasteiger partial charge is 0.396 e. The number of carbonyl (C=O) groups is 1. The number of benzene rings is 2. The molecule has 0 aliphatic heterocycles. The van der Waals surface area contributed by atoms with Gasteiger partial charge in [-0.2, -0.15) is 13.2 Å². The molecule has 1 atom stereocenters. The molecule has 2 aromatic rings. The molecule has 0 spiro atoms. The number of sulfone groups is 1. The van der Waals surface area contributed by atoms with E-state index in [2.05, 4.69) is 0 Å². The fourth-order valence-electron chi connectivity index (χ4n) is 2.47. The SMILES string of the molecule is COc1ccc(C(CC(=O)CS(=O)(=O)c2ccccc2)C(F)(F)F)cc1. The summed E-state index contributed by atoms with van der Waals surface area (Å²) in [6.07, 6.45) is -5.62. The average molecular weight is 386 g/mol. The van der Waals surface area contributed by atoms with Gasteiger partial charge in [0.15, 0.2) is 9.84 Å². The van der Waals surface area contributed by atoms with Crippen LogP contribution >= 0.6 is 0 Å². The van der Waals surface area contributed by atoms with E-state index < -0.39 is 39.9 Å². The molecule has 0 fully saturated rings. The molecule has 0 N–H and O–H groups in total. The van der Waals surface area contributed by atoms with E-state index in [4.69, 9.17) is 4.74 Å². The van der Waals surface area contributed by atoms with E-state index in [1.54, 1.807) is 6.07 Å². The molecule has 8 heteroatoms. The van der Waals surface area contributed by atoms with Crippen molar-refractivity contribution in [3.63, 3.8) is 0 Å². The van der Waals surface area contributed by atoms with E-state index in [1.807, 2.05) is 0 Å². The number of Topliss-reactive ketones (excluding diaryl/α,β-unsaturated/α-hetero) is 1. The van der Waals surface area contributed by atoms with Gasteiger partial charge in [-0.3, -0.25) is 4.79 Å². The number of hydrogen-bond acceptors (Lipinski definition) is 4. The molecular weight excluding hydrogens is 369 g/mol. The molecular formula is C18H17F3O4S. The molecule has 0 saturated carbocycles. The first-order valence-corrected chi connectivity index (χ1v) is 9.29. The molecule has 0 heterocycles. The van der Waals surface area contributed by atoms with Gasteiger partial charge in [0.05, 0.1) is 17.9 Å². The molecule has 2 rings (SSSR count). The minimum atomic E-state index is -4.68. The molecule has 0 aliphatic carbocycles. The van der Waals surface area contributed by atoms with Crippen LogP contribution in [0.3, 0.4) is 0 Å². The number of alkyl halides is 3. The number of ether oxygens (including phenoxy) is 1. The predicted molar refractivity (Wildman–Crippen MR) is 89.9 cm³/mol. The van der Waals surface area contributed by atoms with Crippen molar-refractivity contribution < 1.29 is 31.1 Å². The van der Waals surface area contributed by atoms with Gasteiger partial charge in [-0.1, -0.05) is 30.3 Å². The van der Waals surface area contributed by atoms with Crippen LogP contribution in [-0.2, 0) is 14.6 Å². The highest BCUT2D eigenvalue weighted by molar-refractivity contribution is 7.92. The Morgan fingerprint density at radius 2 is 1.62 bits per heavy atom. The highest BCUT2D eigenvalue weighted by Gasteiger charge is 2.42. The second kappa shape index (κ2) is 7.90. The zero-order chi connectivity index (χ0) is 19.4. The van der Waals surface area contributed by atoms with Crippen molar-refractivity contribution in [1.82, 2.24) is 0 Å². The Balaban J connectivity index is 2.19. The van der Waals surface area contributed by atoms with Crippen molar-refractivity contribution in [2.75, 3.05) is 12.9 Å². The zero-order valence-electron chi connectivity index (χ0n) is 13.9. The quantitative estimate of drug-likeness (QED) is 0.727. The van der Waals surface area contributed by atoms with Crippen LogP contribution in [0.1, 0.15) is 17.9 Å². The first kappa shape index (κ1) is 20.0. The number of methoxy groups -OCH3 is 1. The van der Waals surface area contributed by atoms with Crippen LogP contribution in [-0.4, -0.2) is 33.2 Å². The number of halogens is 3. The van der Waals surface area contributed by atoms with Gasteiger partial charge in [-0.25, -0.2) is 8.42 Å². The third kappa shape index (κ3) is 5.08. The van der Waals surface area contributed by atoms with Gasteiger partial charge < -0.3 is 4.74 Å². The topological polar surface area (TPSA) is 60.4 Å². The van der Waals surface area contributed by atoms with Crippen molar-refractivity contribution in [2.45, 2.75) is 23.4 Å². The lowest BCUT2D eigenvalue weighted by Crippen LogP contribution is -2.26. The van der Waals surface area contributed by atoms with E-state index in [9.17, 15) is 26.4 Å². The molecule has 26 heavy (non-hydrogen) atoms. The van der Waals surface area contributed by atoms with E-state index >= 15 is 0 Å². The van der Waals surface area contributed by atoms with Crippen LogP contribution in [0.4, 0.5) is 13.2 Å². The second-order valence-corrected chi connectivity index (χ2v) is 7.67. The third-order valence-electron chi connectivity index (χ3n) is 3.80. The first-order valence-electron chi connectivity index (χ1n) is 7.63. The monoisotopic (exact) mass is 386 g/mol. The normalized spacial score (nSPS) is 13.2. The number of ketones is 1. The molecule has 140 valence electrons. The molecule has 0 saturated heterocycles. The maximum atomic E-state index is 13.4. The maximum absolute atomic E-state index is 13.4. The lowest BCUT2D eigenvalue weighted by atomic mass is 9.93. The van der Waals surface area contributed by atoms with Crippen LogP contribution in [0.15, 0.2) is 59.5 Å². The highest BCUT2D eigenvalue weighted by Crippen LogP contribution is 2.38. The van der Waals surface area contributed by atoms with Crippen molar-refractivity contribution in [2.24, 2.45) is 0 Å². The van der Waals surface area contributed by atoms with Gasteiger partial charge in [0.2, 0.25) is 0 Å². The van der Waals surface area contributed by atoms with Crippen LogP contribution in [0.2, 0.25) is 0 Å². The molecule has 0 bridgehead atoms. The van der Waals surface area contributed by atoms with E-state index in [-0.39, 0.29) is 10.5 Å². The van der Waals surface area contributed by atoms with Gasteiger partial charge in [0.1, 0.15) is 17.3 Å². The Morgan fingerprint density at radius 3 is 2.12 bits per heavy atom. The number of rotatable bonds is 7. The van der Waals surface area contributed by atoms with Crippen LogP contribution in [0, 0.1) is 0 Å². The van der Waals surface area contributed by atoms with Crippen LogP contribution in [0.25, 0.3) is 0 Å². The van der Waals surface area contributed by atoms with Crippen LogP contribution in [0.5, 0.6) is 5.75 Å². The standard InChI is InChI=1S/C18H17F3O4S/c1-25-15-9-7-13(8-10-15)17(18(19,20)21)11-14(22)12-26(23,24)16-5-3-2-4-6-16/h2-10,17H,11-12H2,1H3. The Bertz CT molecular complexity index is 844. The fourth-order valence-corrected chi connectivity index (χ4v) is 3.75. The molecule has 0 radical (unpaired) electrons. The van der Waals surface area contributed by atoms with Gasteiger partial charge in [0, 0.05) is 6.42 Å². The van der Waals surface area contributed by atoms with Gasteiger partial charge >= 0.3 is 6.18 Å². The Labute approximate surface area is 149 Å². The van der Waals surface area contributed by atoms with E-state index in [0.717, 1.165) is 0 Å². The first-order chi connectivity index (χ1) is 12.1. The predicted octanol–water partition coefficient (Wildman–Crippen LogP) is 3.77. The fraction of sp³-hybridized carbons (Fsp3) is 0.278. The van der Waals surface area contributed by atoms with Crippen molar-refractivity contribution in [3.05, 3.63) is 60.2 Å². The molecule has 0 aliphatic rings. The minimum absolute atomic E-state index is 0.0960. The van der Waals surface area contributed by atoms with Crippen LogP contribution < -0.4 is 4.74 Å². The average Bonchev–Trinajstić information content (AvgIpc) is 2.59. The Morgan fingerprint density at radius 1 is 1.04 bits per heavy atom. The number of hydrogen-bond donors (Lipinski definition) is 0. The summed E-state index contributed by atoms with van der Waals surface area (Å²) >= 11 is 0. The number of carbonyl (C=O) groups excluding carboxylic acids is 1. The summed E-state index contributed by atoms with van der Waals surface area (Å²) in [6, 6.07) is 12.3. The summed E-state index contributed by atoms with van der Waals surface area (Å²) in [7, 11) is -2.60. The molecule has 4 nitrogen and oxygen atoms in total. The molecule has 2 aromatic carbocycles. The lowest BCUT2D eigenvalue weighted by Gasteiger charge is -2.20. The Kier molecular flexibility index (Phi) is 6.07. The lowest BCUT2D eigenvalue weighted by molar-refractivity contribution is -0.156. The molecule has 0 aromatic heterocycles. The summed E-state index contributed by atoms with van der Waals surface area (Å²) < 4.78 is 69.4. The van der Waals surface area contributed by atoms with E-state index in [1.165, 1.54) is 55.6 Å². The molecule has 1 unspecified atom stereocenters. The maximum Gasteiger partial charge on any atom is 0.396 e. The van der Waals surface area contributed by atoms with Gasteiger partial charge in [0.25, 0.3) is 0 Å². The van der Waals surface area contributed by atoms with Gasteiger partial charge in [-0.05, 0) is 29.8 Å². The van der Waals surface area contributed by atoms with Gasteiger partial charge in [-0.15, -0.1) is 0 Å².